The molecule has 2 aromatic rings. The fraction of sp³-hybridized carbons (Fsp3) is 0.391. The van der Waals surface area contributed by atoms with Crippen molar-refractivity contribution in [2.24, 2.45) is 0 Å². The Labute approximate surface area is 167 Å². The van der Waals surface area contributed by atoms with Gasteiger partial charge in [0.25, 0.3) is 11.8 Å². The number of ether oxygens (including phenoxy) is 1. The zero-order valence-electron chi connectivity index (χ0n) is 17.2. The van der Waals surface area contributed by atoms with Crippen molar-refractivity contribution in [2.45, 2.75) is 46.6 Å². The minimum absolute atomic E-state index is 0.0102. The van der Waals surface area contributed by atoms with Gasteiger partial charge in [-0.1, -0.05) is 38.1 Å². The van der Waals surface area contributed by atoms with Crippen molar-refractivity contribution in [1.82, 2.24) is 4.90 Å². The van der Waals surface area contributed by atoms with E-state index < -0.39 is 6.10 Å². The second kappa shape index (κ2) is 10.5. The second-order valence-electron chi connectivity index (χ2n) is 6.89. The third kappa shape index (κ3) is 5.84. The Morgan fingerprint density at radius 3 is 2.36 bits per heavy atom. The third-order valence-electron chi connectivity index (χ3n) is 4.42. The Kier molecular flexibility index (Phi) is 8.05. The molecule has 1 unspecified atom stereocenters. The predicted molar refractivity (Wildman–Crippen MR) is 113 cm³/mol. The molecule has 0 aliphatic rings. The summed E-state index contributed by atoms with van der Waals surface area (Å²) in [6, 6.07) is 14.6. The molecule has 0 bridgehead atoms. The fourth-order valence-corrected chi connectivity index (χ4v) is 2.94. The number of amides is 2. The largest absolute Gasteiger partial charge is 0.481 e. The zero-order chi connectivity index (χ0) is 20.5. The first-order chi connectivity index (χ1) is 13.5. The summed E-state index contributed by atoms with van der Waals surface area (Å²) in [6.45, 7) is 9.22. The number of hydrogen-bond donors (Lipinski definition) is 1. The molecule has 1 atom stereocenters. The van der Waals surface area contributed by atoms with Crippen molar-refractivity contribution in [3.05, 3.63) is 59.7 Å². The van der Waals surface area contributed by atoms with Gasteiger partial charge in [0, 0.05) is 24.3 Å². The van der Waals surface area contributed by atoms with Gasteiger partial charge in [-0.2, -0.15) is 0 Å². The van der Waals surface area contributed by atoms with E-state index in [0.29, 0.717) is 17.0 Å². The minimum atomic E-state index is -0.655. The first-order valence-corrected chi connectivity index (χ1v) is 9.88. The summed E-state index contributed by atoms with van der Waals surface area (Å²) in [5.74, 6) is 0.416. The highest BCUT2D eigenvalue weighted by atomic mass is 16.5. The van der Waals surface area contributed by atoms with Crippen molar-refractivity contribution in [3.8, 4) is 5.75 Å². The smallest absolute Gasteiger partial charge is 0.265 e. The van der Waals surface area contributed by atoms with E-state index >= 15 is 0 Å². The van der Waals surface area contributed by atoms with Crippen molar-refractivity contribution < 1.29 is 14.3 Å². The van der Waals surface area contributed by atoms with Crippen LogP contribution in [0.2, 0.25) is 0 Å². The average Bonchev–Trinajstić information content (AvgIpc) is 2.69. The van der Waals surface area contributed by atoms with Gasteiger partial charge < -0.3 is 15.0 Å². The minimum Gasteiger partial charge on any atom is -0.481 e. The number of carbonyl (C=O) groups is 2. The average molecular weight is 383 g/mol. The Morgan fingerprint density at radius 2 is 1.71 bits per heavy atom. The fourth-order valence-electron chi connectivity index (χ4n) is 2.94. The van der Waals surface area contributed by atoms with Crippen LogP contribution in [0.5, 0.6) is 5.75 Å². The van der Waals surface area contributed by atoms with E-state index in [1.54, 1.807) is 31.2 Å². The molecule has 0 saturated carbocycles. The van der Waals surface area contributed by atoms with E-state index in [4.69, 9.17) is 4.74 Å². The maximum Gasteiger partial charge on any atom is 0.265 e. The number of carbonyl (C=O) groups excluding carboxylic acids is 2. The van der Waals surface area contributed by atoms with Crippen LogP contribution < -0.4 is 10.1 Å². The number of anilines is 1. The van der Waals surface area contributed by atoms with Gasteiger partial charge in [-0.15, -0.1) is 0 Å². The number of nitrogens with zero attached hydrogens (tertiary/aromatic N) is 1. The standard InChI is InChI=1S/C23H30N2O3/c1-5-14-25(15-6-2)23(27)19-11-9-12-20(16-19)24-22(26)18(4)28-21-13-8-7-10-17(21)3/h7-13,16,18H,5-6,14-15H2,1-4H3,(H,24,26). The molecule has 5 nitrogen and oxygen atoms in total. The van der Waals surface area contributed by atoms with Crippen LogP contribution in [0.1, 0.15) is 49.5 Å². The molecule has 0 aliphatic heterocycles. The van der Waals surface area contributed by atoms with E-state index in [2.05, 4.69) is 19.2 Å². The van der Waals surface area contributed by atoms with Gasteiger partial charge in [0.1, 0.15) is 5.75 Å². The lowest BCUT2D eigenvalue weighted by molar-refractivity contribution is -0.122. The second-order valence-corrected chi connectivity index (χ2v) is 6.89. The topological polar surface area (TPSA) is 58.6 Å². The molecule has 0 radical (unpaired) electrons. The number of para-hydroxylation sites is 1. The lowest BCUT2D eigenvalue weighted by Crippen LogP contribution is -2.33. The number of nitrogens with one attached hydrogen (secondary N) is 1. The van der Waals surface area contributed by atoms with Gasteiger partial charge in [0.05, 0.1) is 0 Å². The highest BCUT2D eigenvalue weighted by Crippen LogP contribution is 2.19. The van der Waals surface area contributed by atoms with E-state index in [-0.39, 0.29) is 11.8 Å². The Hall–Kier alpha value is -2.82. The lowest BCUT2D eigenvalue weighted by Gasteiger charge is -2.22. The maximum atomic E-state index is 12.8. The van der Waals surface area contributed by atoms with E-state index in [9.17, 15) is 9.59 Å². The first kappa shape index (κ1) is 21.5. The summed E-state index contributed by atoms with van der Waals surface area (Å²) < 4.78 is 5.77. The van der Waals surface area contributed by atoms with E-state index in [1.165, 1.54) is 0 Å². The van der Waals surface area contributed by atoms with Gasteiger partial charge in [-0.25, -0.2) is 0 Å². The number of benzene rings is 2. The molecule has 0 aliphatic carbocycles. The molecular formula is C23H30N2O3. The summed E-state index contributed by atoms with van der Waals surface area (Å²) >= 11 is 0. The van der Waals surface area contributed by atoms with Gasteiger partial charge >= 0.3 is 0 Å². The highest BCUT2D eigenvalue weighted by Gasteiger charge is 2.18. The molecule has 0 spiro atoms. The Balaban J connectivity index is 2.06. The van der Waals surface area contributed by atoms with Crippen molar-refractivity contribution in [2.75, 3.05) is 18.4 Å². The van der Waals surface area contributed by atoms with E-state index in [0.717, 1.165) is 31.5 Å². The SMILES string of the molecule is CCCN(CCC)C(=O)c1cccc(NC(=O)C(C)Oc2ccccc2C)c1. The maximum absolute atomic E-state index is 12.8. The molecule has 2 amide bonds. The van der Waals surface area contributed by atoms with Crippen LogP contribution >= 0.6 is 0 Å². The molecular weight excluding hydrogens is 352 g/mol. The summed E-state index contributed by atoms with van der Waals surface area (Å²) in [5, 5.41) is 2.84. The normalized spacial score (nSPS) is 11.6. The van der Waals surface area contributed by atoms with Crippen molar-refractivity contribution in [1.29, 1.82) is 0 Å². The summed E-state index contributed by atoms with van der Waals surface area (Å²) in [7, 11) is 0. The van der Waals surface area contributed by atoms with Gasteiger partial charge in [-0.05, 0) is 56.5 Å². The van der Waals surface area contributed by atoms with Crippen molar-refractivity contribution in [3.63, 3.8) is 0 Å². The van der Waals surface area contributed by atoms with Crippen LogP contribution in [0.25, 0.3) is 0 Å². The molecule has 2 aromatic carbocycles. The van der Waals surface area contributed by atoms with Gasteiger partial charge in [0.15, 0.2) is 6.10 Å². The first-order valence-electron chi connectivity index (χ1n) is 9.88. The third-order valence-corrected chi connectivity index (χ3v) is 4.42. The van der Waals surface area contributed by atoms with Crippen molar-refractivity contribution >= 4 is 17.5 Å². The van der Waals surface area contributed by atoms with Gasteiger partial charge in [-0.3, -0.25) is 9.59 Å². The zero-order valence-corrected chi connectivity index (χ0v) is 17.2. The van der Waals surface area contributed by atoms with Gasteiger partial charge in [0.2, 0.25) is 0 Å². The summed E-state index contributed by atoms with van der Waals surface area (Å²) in [6.07, 6.45) is 1.17. The summed E-state index contributed by atoms with van der Waals surface area (Å²) in [5.41, 5.74) is 2.14. The number of aryl methyl sites for hydroxylation is 1. The molecule has 150 valence electrons. The highest BCUT2D eigenvalue weighted by molar-refractivity contribution is 5.98. The number of hydrogen-bond acceptors (Lipinski definition) is 3. The Bertz CT molecular complexity index is 798. The summed E-state index contributed by atoms with van der Waals surface area (Å²) in [4.78, 5) is 27.1. The molecule has 5 heteroatoms. The van der Waals surface area contributed by atoms with Crippen LogP contribution in [-0.4, -0.2) is 35.9 Å². The van der Waals surface area contributed by atoms with Crippen LogP contribution in [0.4, 0.5) is 5.69 Å². The molecule has 28 heavy (non-hydrogen) atoms. The van der Waals surface area contributed by atoms with Crippen LogP contribution in [0.3, 0.4) is 0 Å². The molecule has 0 fully saturated rings. The Morgan fingerprint density at radius 1 is 1.04 bits per heavy atom. The molecule has 0 saturated heterocycles. The molecule has 0 aromatic heterocycles. The molecule has 2 rings (SSSR count). The van der Waals surface area contributed by atoms with Crippen LogP contribution in [0.15, 0.2) is 48.5 Å². The quantitative estimate of drug-likeness (QED) is 0.686. The predicted octanol–water partition coefficient (Wildman–Crippen LogP) is 4.66. The molecule has 0 heterocycles. The number of rotatable bonds is 9. The monoisotopic (exact) mass is 382 g/mol. The van der Waals surface area contributed by atoms with Crippen LogP contribution in [0, 0.1) is 6.92 Å². The van der Waals surface area contributed by atoms with Crippen LogP contribution in [-0.2, 0) is 4.79 Å². The van der Waals surface area contributed by atoms with E-state index in [1.807, 2.05) is 36.1 Å². The molecule has 1 N–H and O–H groups in total. The lowest BCUT2D eigenvalue weighted by atomic mass is 10.1.